The summed E-state index contributed by atoms with van der Waals surface area (Å²) in [6, 6.07) is 7.05. The minimum Gasteiger partial charge on any atom is -0.493 e. The highest BCUT2D eigenvalue weighted by Gasteiger charge is 2.19. The van der Waals surface area contributed by atoms with E-state index in [4.69, 9.17) is 9.47 Å². The summed E-state index contributed by atoms with van der Waals surface area (Å²) in [4.78, 5) is 29.3. The van der Waals surface area contributed by atoms with Crippen LogP contribution in [0.1, 0.15) is 31.2 Å². The van der Waals surface area contributed by atoms with Gasteiger partial charge in [-0.15, -0.1) is 0 Å². The number of carbonyl (C=O) groups excluding carboxylic acids is 1. The minimum absolute atomic E-state index is 0.0401. The zero-order chi connectivity index (χ0) is 24.3. The van der Waals surface area contributed by atoms with E-state index < -0.39 is 5.97 Å². The highest BCUT2D eigenvalue weighted by molar-refractivity contribution is 9.13. The fraction of sp³-hybridized carbons (Fsp3) is 0.273. The number of rotatable bonds is 7. The van der Waals surface area contributed by atoms with E-state index in [1.54, 1.807) is 18.2 Å². The lowest BCUT2D eigenvalue weighted by molar-refractivity contribution is -0.142. The van der Waals surface area contributed by atoms with E-state index in [9.17, 15) is 9.59 Å². The van der Waals surface area contributed by atoms with Gasteiger partial charge in [-0.05, 0) is 56.1 Å². The first-order chi connectivity index (χ1) is 15.7. The van der Waals surface area contributed by atoms with Gasteiger partial charge in [-0.3, -0.25) is 4.79 Å². The van der Waals surface area contributed by atoms with Gasteiger partial charge in [0.05, 0.1) is 35.8 Å². The molecule has 0 spiro atoms. The summed E-state index contributed by atoms with van der Waals surface area (Å²) in [5.41, 5.74) is 0.942. The Morgan fingerprint density at radius 1 is 1.18 bits per heavy atom. The Hall–Kier alpha value is -2.24. The third kappa shape index (κ3) is 5.47. The molecule has 2 aromatic carbocycles. The average molecular weight is 646 g/mol. The lowest BCUT2D eigenvalue weighted by Crippen LogP contribution is -2.23. The van der Waals surface area contributed by atoms with Gasteiger partial charge in [-0.2, -0.15) is 9.78 Å². The van der Waals surface area contributed by atoms with Crippen molar-refractivity contribution in [3.05, 3.63) is 59.4 Å². The molecular weight excluding hydrogens is 626 g/mol. The smallest absolute Gasteiger partial charge is 0.343 e. The summed E-state index contributed by atoms with van der Waals surface area (Å²) < 4.78 is 18.8. The molecule has 0 N–H and O–H groups in total. The first-order valence-electron chi connectivity index (χ1n) is 9.70. The van der Waals surface area contributed by atoms with Crippen molar-refractivity contribution in [2.45, 2.75) is 19.8 Å². The Bertz CT molecular complexity index is 1300. The Morgan fingerprint density at radius 3 is 2.55 bits per heavy atom. The molecular formula is C22H20Br3N3O5. The number of esters is 1. The quantitative estimate of drug-likeness (QED) is 0.258. The fourth-order valence-corrected chi connectivity index (χ4v) is 4.24. The van der Waals surface area contributed by atoms with Crippen molar-refractivity contribution in [3.8, 4) is 11.5 Å². The molecule has 11 heteroatoms. The Kier molecular flexibility index (Phi) is 8.30. The third-order valence-corrected chi connectivity index (χ3v) is 7.24. The maximum Gasteiger partial charge on any atom is 0.343 e. The Morgan fingerprint density at radius 2 is 1.91 bits per heavy atom. The van der Waals surface area contributed by atoms with Gasteiger partial charge >= 0.3 is 5.97 Å². The number of fused-ring (bicyclic) bond motifs is 1. The van der Waals surface area contributed by atoms with Crippen molar-refractivity contribution in [1.82, 2.24) is 9.66 Å². The van der Waals surface area contributed by atoms with Crippen LogP contribution >= 0.6 is 47.8 Å². The van der Waals surface area contributed by atoms with Gasteiger partial charge in [-0.1, -0.05) is 29.8 Å². The second kappa shape index (κ2) is 10.8. The molecule has 0 atom stereocenters. The van der Waals surface area contributed by atoms with Gasteiger partial charge in [0.1, 0.15) is 5.82 Å². The average Bonchev–Trinajstić information content (AvgIpc) is 2.79. The van der Waals surface area contributed by atoms with Crippen LogP contribution in [0.3, 0.4) is 0 Å². The largest absolute Gasteiger partial charge is 0.493 e. The molecule has 0 saturated carbocycles. The summed E-state index contributed by atoms with van der Waals surface area (Å²) in [5.74, 6) is 0.659. The van der Waals surface area contributed by atoms with E-state index in [1.165, 1.54) is 25.1 Å². The van der Waals surface area contributed by atoms with Crippen LogP contribution in [0, 0.1) is 0 Å². The van der Waals surface area contributed by atoms with Crippen LogP contribution in [0.15, 0.2) is 47.6 Å². The highest BCUT2D eigenvalue weighted by atomic mass is 79.9. The molecule has 8 nitrogen and oxygen atoms in total. The van der Waals surface area contributed by atoms with Crippen LogP contribution in [0.5, 0.6) is 11.5 Å². The molecule has 3 aromatic rings. The third-order valence-electron chi connectivity index (χ3n) is 4.60. The van der Waals surface area contributed by atoms with Gasteiger partial charge in [0, 0.05) is 20.4 Å². The second-order valence-corrected chi connectivity index (χ2v) is 9.64. The van der Waals surface area contributed by atoms with Crippen molar-refractivity contribution < 1.29 is 19.0 Å². The fourth-order valence-electron chi connectivity index (χ4n) is 2.95. The van der Waals surface area contributed by atoms with E-state index in [1.807, 2.05) is 19.9 Å². The second-order valence-electron chi connectivity index (χ2n) is 7.14. The molecule has 0 aliphatic carbocycles. The zero-order valence-corrected chi connectivity index (χ0v) is 22.9. The van der Waals surface area contributed by atoms with Crippen molar-refractivity contribution in [1.29, 1.82) is 0 Å². The molecule has 0 aliphatic rings. The standard InChI is InChI=1S/C22H20Br3N3O5/c1-11(2)21-27-15-6-5-13(23)8-14(15)22(30)28(21)26-9-12-7-16(31-3)20(19(25)18(12)24)33-10-17(29)32-4/h5-9,11H,10H2,1-4H3. The molecule has 1 heterocycles. The Labute approximate surface area is 215 Å². The maximum absolute atomic E-state index is 13.2. The summed E-state index contributed by atoms with van der Waals surface area (Å²) in [5, 5.41) is 4.91. The van der Waals surface area contributed by atoms with Crippen molar-refractivity contribution in [2.24, 2.45) is 5.10 Å². The van der Waals surface area contributed by atoms with Crippen LogP contribution in [0.25, 0.3) is 10.9 Å². The molecule has 0 bridgehead atoms. The molecule has 0 aliphatic heterocycles. The van der Waals surface area contributed by atoms with Crippen LogP contribution < -0.4 is 15.0 Å². The van der Waals surface area contributed by atoms with Crippen LogP contribution in [-0.2, 0) is 9.53 Å². The number of nitrogens with zero attached hydrogens (tertiary/aromatic N) is 3. The van der Waals surface area contributed by atoms with E-state index in [-0.39, 0.29) is 18.1 Å². The van der Waals surface area contributed by atoms with Gasteiger partial charge in [-0.25, -0.2) is 9.78 Å². The monoisotopic (exact) mass is 643 g/mol. The minimum atomic E-state index is -0.526. The summed E-state index contributed by atoms with van der Waals surface area (Å²) in [7, 11) is 2.76. The van der Waals surface area contributed by atoms with Gasteiger partial charge < -0.3 is 14.2 Å². The molecule has 1 aromatic heterocycles. The number of benzene rings is 2. The van der Waals surface area contributed by atoms with E-state index in [0.717, 1.165) is 4.47 Å². The predicted octanol–water partition coefficient (Wildman–Crippen LogP) is 5.25. The topological polar surface area (TPSA) is 92.0 Å². The summed E-state index contributed by atoms with van der Waals surface area (Å²) >= 11 is 10.4. The van der Waals surface area contributed by atoms with Crippen molar-refractivity contribution >= 4 is 70.9 Å². The number of hydrogen-bond acceptors (Lipinski definition) is 7. The van der Waals surface area contributed by atoms with Crippen molar-refractivity contribution in [3.63, 3.8) is 0 Å². The maximum atomic E-state index is 13.2. The molecule has 33 heavy (non-hydrogen) atoms. The van der Waals surface area contributed by atoms with Crippen LogP contribution in [-0.4, -0.2) is 42.7 Å². The molecule has 3 rings (SSSR count). The lowest BCUT2D eigenvalue weighted by atomic mass is 10.2. The summed E-state index contributed by atoms with van der Waals surface area (Å²) in [6.07, 6.45) is 1.53. The van der Waals surface area contributed by atoms with Crippen LogP contribution in [0.2, 0.25) is 0 Å². The van der Waals surface area contributed by atoms with Gasteiger partial charge in [0.25, 0.3) is 5.56 Å². The predicted molar refractivity (Wildman–Crippen MR) is 137 cm³/mol. The number of aromatic nitrogens is 2. The molecule has 0 saturated heterocycles. The summed E-state index contributed by atoms with van der Waals surface area (Å²) in [6.45, 7) is 3.61. The molecule has 0 unspecified atom stereocenters. The SMILES string of the molecule is COC(=O)COc1c(OC)cc(C=Nn2c(C(C)C)nc3ccc(Br)cc3c2=O)c(Br)c1Br. The molecule has 0 amide bonds. The van der Waals surface area contributed by atoms with E-state index in [2.05, 4.69) is 62.6 Å². The van der Waals surface area contributed by atoms with E-state index in [0.29, 0.717) is 42.7 Å². The van der Waals surface area contributed by atoms with E-state index >= 15 is 0 Å². The number of methoxy groups -OCH3 is 2. The number of carbonyl (C=O) groups is 1. The molecule has 0 radical (unpaired) electrons. The first kappa shape index (κ1) is 25.4. The molecule has 174 valence electrons. The zero-order valence-electron chi connectivity index (χ0n) is 18.2. The highest BCUT2D eigenvalue weighted by Crippen LogP contribution is 2.42. The Balaban J connectivity index is 2.10. The number of ether oxygens (including phenoxy) is 3. The lowest BCUT2D eigenvalue weighted by Gasteiger charge is -2.15. The van der Waals surface area contributed by atoms with Crippen LogP contribution in [0.4, 0.5) is 0 Å². The van der Waals surface area contributed by atoms with Gasteiger partial charge in [0.2, 0.25) is 0 Å². The normalized spacial score (nSPS) is 11.4. The number of halogens is 3. The number of hydrogen-bond donors (Lipinski definition) is 0. The van der Waals surface area contributed by atoms with Crippen molar-refractivity contribution in [2.75, 3.05) is 20.8 Å². The molecule has 0 fully saturated rings. The van der Waals surface area contributed by atoms with Gasteiger partial charge in [0.15, 0.2) is 18.1 Å². The first-order valence-corrected chi connectivity index (χ1v) is 12.1.